The fourth-order valence-electron chi connectivity index (χ4n) is 1.53. The highest BCUT2D eigenvalue weighted by Gasteiger charge is 2.24. The number of ether oxygens (including phenoxy) is 2. The van der Waals surface area contributed by atoms with Crippen LogP contribution in [0.15, 0.2) is 6.20 Å². The second-order valence-electron chi connectivity index (χ2n) is 4.33. The molecule has 0 N–H and O–H groups in total. The number of rotatable bonds is 7. The van der Waals surface area contributed by atoms with Gasteiger partial charge >= 0.3 is 0 Å². The van der Waals surface area contributed by atoms with E-state index in [2.05, 4.69) is 5.10 Å². The predicted octanol–water partition coefficient (Wildman–Crippen LogP) is 0.671. The summed E-state index contributed by atoms with van der Waals surface area (Å²) in [6, 6.07) is 0. The highest BCUT2D eigenvalue weighted by atomic mass is 16.5. The van der Waals surface area contributed by atoms with Gasteiger partial charge in [-0.05, 0) is 21.0 Å². The van der Waals surface area contributed by atoms with Crippen molar-refractivity contribution in [3.8, 4) is 5.75 Å². The highest BCUT2D eigenvalue weighted by molar-refractivity contribution is 6.00. The number of aromatic nitrogens is 2. The van der Waals surface area contributed by atoms with Crippen LogP contribution in [0.5, 0.6) is 5.75 Å². The minimum absolute atomic E-state index is 0.120. The van der Waals surface area contributed by atoms with E-state index in [1.807, 2.05) is 19.0 Å². The zero-order valence-corrected chi connectivity index (χ0v) is 11.6. The Morgan fingerprint density at radius 3 is 2.67 bits per heavy atom. The van der Waals surface area contributed by atoms with E-state index < -0.39 is 6.10 Å². The van der Waals surface area contributed by atoms with Crippen LogP contribution in [0.25, 0.3) is 0 Å². The smallest absolute Gasteiger partial charge is 0.213 e. The molecule has 1 aromatic heterocycles. The average molecular weight is 255 g/mol. The van der Waals surface area contributed by atoms with E-state index in [-0.39, 0.29) is 5.78 Å². The van der Waals surface area contributed by atoms with Gasteiger partial charge in [-0.2, -0.15) is 5.10 Å². The lowest BCUT2D eigenvalue weighted by atomic mass is 10.2. The maximum Gasteiger partial charge on any atom is 0.213 e. The monoisotopic (exact) mass is 255 g/mol. The third-order valence-electron chi connectivity index (χ3n) is 2.74. The molecule has 0 aliphatic carbocycles. The second-order valence-corrected chi connectivity index (χ2v) is 4.33. The van der Waals surface area contributed by atoms with Gasteiger partial charge in [0.25, 0.3) is 0 Å². The summed E-state index contributed by atoms with van der Waals surface area (Å²) >= 11 is 0. The molecular weight excluding hydrogens is 234 g/mol. The molecule has 1 unspecified atom stereocenters. The van der Waals surface area contributed by atoms with E-state index in [9.17, 15) is 4.79 Å². The van der Waals surface area contributed by atoms with E-state index in [0.29, 0.717) is 18.0 Å². The van der Waals surface area contributed by atoms with Gasteiger partial charge in [0.15, 0.2) is 5.75 Å². The van der Waals surface area contributed by atoms with E-state index in [0.717, 1.165) is 6.54 Å². The first-order valence-electron chi connectivity index (χ1n) is 5.82. The summed E-state index contributed by atoms with van der Waals surface area (Å²) in [5.41, 5.74) is 0.466. The molecule has 18 heavy (non-hydrogen) atoms. The first-order chi connectivity index (χ1) is 8.51. The van der Waals surface area contributed by atoms with Crippen LogP contribution in [0.2, 0.25) is 0 Å². The molecule has 1 heterocycles. The number of Topliss-reactive ketones (excluding diaryl/α,β-unsaturated/α-hetero) is 1. The normalized spacial score (nSPS) is 12.8. The number of nitrogens with zero attached hydrogens (tertiary/aromatic N) is 3. The van der Waals surface area contributed by atoms with Crippen molar-refractivity contribution in [2.45, 2.75) is 19.6 Å². The number of hydrogen-bond acceptors (Lipinski definition) is 5. The first-order valence-corrected chi connectivity index (χ1v) is 5.82. The molecule has 0 amide bonds. The van der Waals surface area contributed by atoms with Crippen LogP contribution >= 0.6 is 0 Å². The molecule has 0 aromatic carbocycles. The van der Waals surface area contributed by atoms with Crippen molar-refractivity contribution in [2.75, 3.05) is 34.9 Å². The van der Waals surface area contributed by atoms with Crippen molar-refractivity contribution >= 4 is 5.78 Å². The number of carbonyl (C=O) groups excluding carboxylic acids is 1. The van der Waals surface area contributed by atoms with Crippen LogP contribution < -0.4 is 4.74 Å². The van der Waals surface area contributed by atoms with E-state index in [1.165, 1.54) is 14.2 Å². The molecule has 1 atom stereocenters. The molecule has 0 saturated carbocycles. The highest BCUT2D eigenvalue weighted by Crippen LogP contribution is 2.20. The van der Waals surface area contributed by atoms with Crippen molar-refractivity contribution < 1.29 is 14.3 Å². The maximum atomic E-state index is 12.2. The Morgan fingerprint density at radius 1 is 1.50 bits per heavy atom. The number of methoxy groups -OCH3 is 2. The molecule has 0 saturated heterocycles. The number of hydrogen-bond donors (Lipinski definition) is 0. The Hall–Kier alpha value is -1.40. The topological polar surface area (TPSA) is 56.6 Å². The van der Waals surface area contributed by atoms with Crippen molar-refractivity contribution in [1.29, 1.82) is 0 Å². The Labute approximate surface area is 107 Å². The van der Waals surface area contributed by atoms with Crippen molar-refractivity contribution in [1.82, 2.24) is 14.7 Å². The van der Waals surface area contributed by atoms with E-state index in [1.54, 1.807) is 17.8 Å². The van der Waals surface area contributed by atoms with Gasteiger partial charge in [0.1, 0.15) is 11.8 Å². The molecular formula is C12H21N3O3. The molecule has 6 nitrogen and oxygen atoms in total. The van der Waals surface area contributed by atoms with Gasteiger partial charge in [-0.15, -0.1) is 0 Å². The summed E-state index contributed by atoms with van der Waals surface area (Å²) in [4.78, 5) is 14.2. The molecule has 0 aliphatic rings. The largest absolute Gasteiger partial charge is 0.493 e. The quantitative estimate of drug-likeness (QED) is 0.670. The average Bonchev–Trinajstić information content (AvgIpc) is 2.77. The van der Waals surface area contributed by atoms with Gasteiger partial charge in [-0.3, -0.25) is 9.48 Å². The number of ketones is 1. The van der Waals surface area contributed by atoms with Gasteiger partial charge < -0.3 is 14.4 Å². The van der Waals surface area contributed by atoms with Crippen LogP contribution in [-0.4, -0.2) is 61.4 Å². The maximum absolute atomic E-state index is 12.2. The number of carbonyl (C=O) groups is 1. The molecule has 6 heteroatoms. The zero-order chi connectivity index (χ0) is 13.7. The third-order valence-corrected chi connectivity index (χ3v) is 2.74. The Kier molecular flexibility index (Phi) is 5.30. The van der Waals surface area contributed by atoms with Gasteiger partial charge in [0, 0.05) is 13.7 Å². The second kappa shape index (κ2) is 6.51. The lowest BCUT2D eigenvalue weighted by molar-refractivity contribution is 0.0640. The lowest BCUT2D eigenvalue weighted by Gasteiger charge is -2.14. The summed E-state index contributed by atoms with van der Waals surface area (Å²) in [5.74, 6) is 0.369. The molecule has 1 rings (SSSR count). The molecule has 0 fully saturated rings. The summed E-state index contributed by atoms with van der Waals surface area (Å²) in [6.45, 7) is 3.14. The van der Waals surface area contributed by atoms with Gasteiger partial charge in [-0.25, -0.2) is 0 Å². The SMILES string of the molecule is COc1cnn(CCN(C)C)c1C(=O)C(C)OC. The standard InChI is InChI=1S/C12H21N3O3/c1-9(17-4)12(16)11-10(18-5)8-13-15(11)7-6-14(2)3/h8-9H,6-7H2,1-5H3. The zero-order valence-electron chi connectivity index (χ0n) is 11.6. The molecule has 0 bridgehead atoms. The van der Waals surface area contributed by atoms with Crippen LogP contribution in [0.3, 0.4) is 0 Å². The van der Waals surface area contributed by atoms with Crippen LogP contribution in [0.1, 0.15) is 17.4 Å². The Bertz CT molecular complexity index is 401. The summed E-state index contributed by atoms with van der Waals surface area (Å²) < 4.78 is 11.9. The van der Waals surface area contributed by atoms with Crippen LogP contribution in [-0.2, 0) is 11.3 Å². The number of likely N-dealkylation sites (N-methyl/N-ethyl adjacent to an activating group) is 1. The Morgan fingerprint density at radius 2 is 2.17 bits per heavy atom. The van der Waals surface area contributed by atoms with Gasteiger partial charge in [0.2, 0.25) is 5.78 Å². The van der Waals surface area contributed by atoms with Gasteiger partial charge in [-0.1, -0.05) is 0 Å². The van der Waals surface area contributed by atoms with E-state index >= 15 is 0 Å². The minimum atomic E-state index is -0.506. The summed E-state index contributed by atoms with van der Waals surface area (Å²) in [6.07, 6.45) is 1.05. The third kappa shape index (κ3) is 3.30. The first kappa shape index (κ1) is 14.7. The Balaban J connectivity index is 2.98. The van der Waals surface area contributed by atoms with Crippen LogP contribution in [0, 0.1) is 0 Å². The summed E-state index contributed by atoms with van der Waals surface area (Å²) in [5, 5.41) is 4.19. The predicted molar refractivity (Wildman–Crippen MR) is 68.1 cm³/mol. The lowest BCUT2D eigenvalue weighted by Crippen LogP contribution is -2.26. The molecule has 1 aromatic rings. The summed E-state index contributed by atoms with van der Waals surface area (Å²) in [7, 11) is 6.98. The molecule has 102 valence electrons. The van der Waals surface area contributed by atoms with Crippen molar-refractivity contribution in [3.63, 3.8) is 0 Å². The molecule has 0 aliphatic heterocycles. The van der Waals surface area contributed by atoms with Crippen molar-refractivity contribution in [3.05, 3.63) is 11.9 Å². The molecule has 0 radical (unpaired) electrons. The van der Waals surface area contributed by atoms with Crippen molar-refractivity contribution in [2.24, 2.45) is 0 Å². The van der Waals surface area contributed by atoms with Crippen LogP contribution in [0.4, 0.5) is 0 Å². The fraction of sp³-hybridized carbons (Fsp3) is 0.667. The fourth-order valence-corrected chi connectivity index (χ4v) is 1.53. The van der Waals surface area contributed by atoms with Gasteiger partial charge in [0.05, 0.1) is 19.9 Å². The van der Waals surface area contributed by atoms with E-state index in [4.69, 9.17) is 9.47 Å². The molecule has 0 spiro atoms. The minimum Gasteiger partial charge on any atom is -0.493 e.